The van der Waals surface area contributed by atoms with Crippen molar-refractivity contribution in [1.29, 1.82) is 0 Å². The molecule has 0 saturated carbocycles. The van der Waals surface area contributed by atoms with Crippen molar-refractivity contribution in [3.05, 3.63) is 77.4 Å². The Hall–Kier alpha value is -3.65. The minimum Gasteiger partial charge on any atom is -0.459 e. The molecule has 0 atom stereocenters. The fraction of sp³-hybridized carbons (Fsp3) is 0.261. The summed E-state index contributed by atoms with van der Waals surface area (Å²) in [5, 5.41) is 5.68. The molecule has 2 amide bonds. The van der Waals surface area contributed by atoms with Gasteiger partial charge < -0.3 is 24.7 Å². The number of benzene rings is 1. The third-order valence-corrected chi connectivity index (χ3v) is 5.09. The molecular weight excluding hydrogens is 396 g/mol. The molecule has 2 N–H and O–H groups in total. The predicted molar refractivity (Wildman–Crippen MR) is 116 cm³/mol. The molecule has 0 bridgehead atoms. The lowest BCUT2D eigenvalue weighted by Gasteiger charge is -2.27. The van der Waals surface area contributed by atoms with Crippen LogP contribution in [0.1, 0.15) is 32.0 Å². The SMILES string of the molecule is Cc1ccc(C(=O)NCc2ccc(N3CCOCC3)nc2)cc1NC(=O)c1ccco1. The van der Waals surface area contributed by atoms with E-state index in [-0.39, 0.29) is 17.6 Å². The summed E-state index contributed by atoms with van der Waals surface area (Å²) in [5.74, 6) is 0.527. The largest absolute Gasteiger partial charge is 0.459 e. The zero-order valence-corrected chi connectivity index (χ0v) is 17.3. The number of rotatable bonds is 6. The van der Waals surface area contributed by atoms with E-state index in [0.29, 0.717) is 31.0 Å². The molecule has 8 nitrogen and oxygen atoms in total. The summed E-state index contributed by atoms with van der Waals surface area (Å²) in [5.41, 5.74) is 2.77. The molecular formula is C23H24N4O4. The number of carbonyl (C=O) groups excluding carboxylic acids is 2. The van der Waals surface area contributed by atoms with Crippen LogP contribution in [-0.2, 0) is 11.3 Å². The fourth-order valence-electron chi connectivity index (χ4n) is 3.27. The second-order valence-electron chi connectivity index (χ2n) is 7.27. The number of anilines is 2. The van der Waals surface area contributed by atoms with Gasteiger partial charge in [0.25, 0.3) is 11.8 Å². The number of nitrogens with zero attached hydrogens (tertiary/aromatic N) is 2. The minimum atomic E-state index is -0.364. The van der Waals surface area contributed by atoms with Crippen LogP contribution in [0.3, 0.4) is 0 Å². The lowest BCUT2D eigenvalue weighted by Crippen LogP contribution is -2.36. The number of morpholine rings is 1. The van der Waals surface area contributed by atoms with Crippen molar-refractivity contribution in [2.24, 2.45) is 0 Å². The number of pyridine rings is 1. The van der Waals surface area contributed by atoms with Gasteiger partial charge in [0, 0.05) is 37.1 Å². The first-order chi connectivity index (χ1) is 15.1. The van der Waals surface area contributed by atoms with Gasteiger partial charge in [0.05, 0.1) is 19.5 Å². The van der Waals surface area contributed by atoms with E-state index in [9.17, 15) is 9.59 Å². The number of aryl methyl sites for hydroxylation is 1. The summed E-state index contributed by atoms with van der Waals surface area (Å²) in [6.45, 7) is 5.29. The molecule has 8 heteroatoms. The normalized spacial score (nSPS) is 13.6. The number of nitrogens with one attached hydrogen (secondary N) is 2. The Labute approximate surface area is 180 Å². The summed E-state index contributed by atoms with van der Waals surface area (Å²) < 4.78 is 10.5. The molecule has 0 aliphatic carbocycles. The van der Waals surface area contributed by atoms with Crippen molar-refractivity contribution < 1.29 is 18.7 Å². The molecule has 1 saturated heterocycles. The van der Waals surface area contributed by atoms with Gasteiger partial charge in [0.2, 0.25) is 0 Å². The third-order valence-electron chi connectivity index (χ3n) is 5.09. The standard InChI is InChI=1S/C23H24N4O4/c1-16-4-6-18(13-19(16)26-23(29)20-3-2-10-31-20)22(28)25-15-17-5-7-21(24-14-17)27-8-11-30-12-9-27/h2-7,10,13-14H,8-9,11-12,15H2,1H3,(H,25,28)(H,26,29). The maximum Gasteiger partial charge on any atom is 0.291 e. The zero-order chi connectivity index (χ0) is 21.6. The molecule has 1 aromatic carbocycles. The van der Waals surface area contributed by atoms with E-state index >= 15 is 0 Å². The number of hydrogen-bond acceptors (Lipinski definition) is 6. The second-order valence-corrected chi connectivity index (χ2v) is 7.27. The molecule has 0 radical (unpaired) electrons. The Bertz CT molecular complexity index is 1040. The summed E-state index contributed by atoms with van der Waals surface area (Å²) in [4.78, 5) is 31.5. The summed E-state index contributed by atoms with van der Waals surface area (Å²) >= 11 is 0. The molecule has 3 aromatic rings. The lowest BCUT2D eigenvalue weighted by molar-refractivity contribution is 0.0949. The van der Waals surface area contributed by atoms with Gasteiger partial charge in [-0.3, -0.25) is 9.59 Å². The van der Waals surface area contributed by atoms with E-state index in [1.165, 1.54) is 6.26 Å². The first-order valence-corrected chi connectivity index (χ1v) is 10.1. The van der Waals surface area contributed by atoms with E-state index in [1.54, 1.807) is 36.5 Å². The van der Waals surface area contributed by atoms with Crippen molar-refractivity contribution in [2.45, 2.75) is 13.5 Å². The van der Waals surface area contributed by atoms with Gasteiger partial charge in [-0.1, -0.05) is 12.1 Å². The third kappa shape index (κ3) is 5.10. The van der Waals surface area contributed by atoms with E-state index in [2.05, 4.69) is 20.5 Å². The summed E-state index contributed by atoms with van der Waals surface area (Å²) in [7, 11) is 0. The number of furan rings is 1. The highest BCUT2D eigenvalue weighted by molar-refractivity contribution is 6.03. The molecule has 1 fully saturated rings. The van der Waals surface area contributed by atoms with Crippen LogP contribution in [0.5, 0.6) is 0 Å². The van der Waals surface area contributed by atoms with Gasteiger partial charge in [-0.25, -0.2) is 4.98 Å². The second kappa shape index (κ2) is 9.44. The Balaban J connectivity index is 1.36. The zero-order valence-electron chi connectivity index (χ0n) is 17.3. The van der Waals surface area contributed by atoms with Crippen LogP contribution in [0.4, 0.5) is 11.5 Å². The Morgan fingerprint density at radius 2 is 1.94 bits per heavy atom. The first-order valence-electron chi connectivity index (χ1n) is 10.1. The monoisotopic (exact) mass is 420 g/mol. The average molecular weight is 420 g/mol. The van der Waals surface area contributed by atoms with E-state index in [0.717, 1.165) is 30.0 Å². The first kappa shape index (κ1) is 20.6. The topological polar surface area (TPSA) is 96.7 Å². The minimum absolute atomic E-state index is 0.210. The van der Waals surface area contributed by atoms with Crippen LogP contribution < -0.4 is 15.5 Å². The van der Waals surface area contributed by atoms with Crippen molar-refractivity contribution in [3.63, 3.8) is 0 Å². The molecule has 2 aromatic heterocycles. The van der Waals surface area contributed by atoms with E-state index in [4.69, 9.17) is 9.15 Å². The molecule has 0 spiro atoms. The molecule has 1 aliphatic rings. The van der Waals surface area contributed by atoms with Crippen LogP contribution in [0.2, 0.25) is 0 Å². The Morgan fingerprint density at radius 3 is 2.65 bits per heavy atom. The highest BCUT2D eigenvalue weighted by Crippen LogP contribution is 2.19. The van der Waals surface area contributed by atoms with Crippen molar-refractivity contribution >= 4 is 23.3 Å². The summed E-state index contributed by atoms with van der Waals surface area (Å²) in [6.07, 6.45) is 3.21. The maximum atomic E-state index is 12.6. The van der Waals surface area contributed by atoms with Crippen LogP contribution in [0.25, 0.3) is 0 Å². The highest BCUT2D eigenvalue weighted by atomic mass is 16.5. The Kier molecular flexibility index (Phi) is 6.28. The van der Waals surface area contributed by atoms with E-state index in [1.807, 2.05) is 19.1 Å². The number of ether oxygens (including phenoxy) is 1. The fourth-order valence-corrected chi connectivity index (χ4v) is 3.27. The molecule has 160 valence electrons. The van der Waals surface area contributed by atoms with Crippen LogP contribution >= 0.6 is 0 Å². The molecule has 0 unspecified atom stereocenters. The van der Waals surface area contributed by atoms with Gasteiger partial charge in [-0.15, -0.1) is 0 Å². The molecule has 1 aliphatic heterocycles. The highest BCUT2D eigenvalue weighted by Gasteiger charge is 2.14. The maximum absolute atomic E-state index is 12.6. The Morgan fingerprint density at radius 1 is 1.10 bits per heavy atom. The van der Waals surface area contributed by atoms with Crippen molar-refractivity contribution in [2.75, 3.05) is 36.5 Å². The average Bonchev–Trinajstić information content (AvgIpc) is 3.35. The van der Waals surface area contributed by atoms with Crippen molar-refractivity contribution in [1.82, 2.24) is 10.3 Å². The van der Waals surface area contributed by atoms with Crippen LogP contribution in [0.15, 0.2) is 59.3 Å². The smallest absolute Gasteiger partial charge is 0.291 e. The van der Waals surface area contributed by atoms with Gasteiger partial charge in [0.15, 0.2) is 5.76 Å². The lowest BCUT2D eigenvalue weighted by atomic mass is 10.1. The van der Waals surface area contributed by atoms with Gasteiger partial charge in [0.1, 0.15) is 5.82 Å². The number of carbonyl (C=O) groups is 2. The van der Waals surface area contributed by atoms with Crippen molar-refractivity contribution in [3.8, 4) is 0 Å². The number of aromatic nitrogens is 1. The molecule has 31 heavy (non-hydrogen) atoms. The predicted octanol–water partition coefficient (Wildman–Crippen LogP) is 3.00. The summed E-state index contributed by atoms with van der Waals surface area (Å²) in [6, 6.07) is 12.3. The van der Waals surface area contributed by atoms with Gasteiger partial charge in [-0.05, 0) is 48.4 Å². The van der Waals surface area contributed by atoms with E-state index < -0.39 is 0 Å². The van der Waals surface area contributed by atoms with Gasteiger partial charge >= 0.3 is 0 Å². The molecule has 3 heterocycles. The van der Waals surface area contributed by atoms with Crippen LogP contribution in [0, 0.1) is 6.92 Å². The number of hydrogen-bond donors (Lipinski definition) is 2. The molecule has 4 rings (SSSR count). The van der Waals surface area contributed by atoms with Gasteiger partial charge in [-0.2, -0.15) is 0 Å². The number of amides is 2. The van der Waals surface area contributed by atoms with Crippen LogP contribution in [-0.4, -0.2) is 43.1 Å². The quantitative estimate of drug-likeness (QED) is 0.636.